The van der Waals surface area contributed by atoms with Gasteiger partial charge in [-0.25, -0.2) is 19.1 Å². The van der Waals surface area contributed by atoms with Gasteiger partial charge in [0.2, 0.25) is 0 Å². The zero-order chi connectivity index (χ0) is 28.5. The fraction of sp³-hybridized carbons (Fsp3) is 0.250. The first-order valence-electron chi connectivity index (χ1n) is 13.6. The number of carbonyl (C=O) groups excluding carboxylic acids is 1. The molecule has 9 nitrogen and oxygen atoms in total. The van der Waals surface area contributed by atoms with Gasteiger partial charge in [-0.15, -0.1) is 0 Å². The Balaban J connectivity index is 1.10. The largest absolute Gasteiger partial charge is 0.478 e. The van der Waals surface area contributed by atoms with Crippen molar-refractivity contribution in [3.63, 3.8) is 0 Å². The Labute approximate surface area is 236 Å². The van der Waals surface area contributed by atoms with Gasteiger partial charge in [0, 0.05) is 42.3 Å². The van der Waals surface area contributed by atoms with Crippen molar-refractivity contribution in [2.24, 2.45) is 0 Å². The number of anilines is 1. The van der Waals surface area contributed by atoms with Gasteiger partial charge < -0.3 is 14.7 Å². The van der Waals surface area contributed by atoms with Gasteiger partial charge in [-0.05, 0) is 60.9 Å². The second kappa shape index (κ2) is 9.05. The number of amides is 1. The second-order valence-corrected chi connectivity index (χ2v) is 11.6. The minimum absolute atomic E-state index is 0.211. The van der Waals surface area contributed by atoms with Crippen LogP contribution in [-0.4, -0.2) is 67.4 Å². The van der Waals surface area contributed by atoms with Crippen molar-refractivity contribution >= 4 is 34.2 Å². The first-order chi connectivity index (χ1) is 19.7. The van der Waals surface area contributed by atoms with Gasteiger partial charge in [0.25, 0.3) is 0 Å². The van der Waals surface area contributed by atoms with E-state index in [-0.39, 0.29) is 17.7 Å². The van der Waals surface area contributed by atoms with E-state index in [9.17, 15) is 14.7 Å². The van der Waals surface area contributed by atoms with Gasteiger partial charge in [-0.3, -0.25) is 4.90 Å². The summed E-state index contributed by atoms with van der Waals surface area (Å²) in [7, 11) is 0. The summed E-state index contributed by atoms with van der Waals surface area (Å²) in [6, 6.07) is 19.9. The normalized spacial score (nSPS) is 18.1. The highest BCUT2D eigenvalue weighted by Crippen LogP contribution is 2.39. The first-order valence-corrected chi connectivity index (χ1v) is 13.6. The molecule has 2 aliphatic heterocycles. The number of fused-ring (bicyclic) bond motifs is 3. The Morgan fingerprint density at radius 2 is 1.63 bits per heavy atom. The number of aromatic carboxylic acids is 1. The molecule has 2 aromatic heterocycles. The molecule has 5 aromatic rings. The molecule has 2 atom stereocenters. The topological polar surface area (TPSA) is 100 Å². The number of rotatable bonds is 4. The van der Waals surface area contributed by atoms with E-state index in [2.05, 4.69) is 34.3 Å². The van der Waals surface area contributed by atoms with E-state index in [0.717, 1.165) is 39.9 Å². The average Bonchev–Trinajstić information content (AvgIpc) is 3.35. The maximum atomic E-state index is 12.4. The van der Waals surface area contributed by atoms with Gasteiger partial charge in [0.15, 0.2) is 5.65 Å². The third kappa shape index (κ3) is 4.16. The maximum Gasteiger partial charge on any atom is 0.410 e. The van der Waals surface area contributed by atoms with E-state index in [4.69, 9.17) is 9.72 Å². The molecule has 7 rings (SSSR count). The molecule has 1 unspecified atom stereocenters. The number of carboxylic acid groups (broad SMARTS) is 1. The Morgan fingerprint density at radius 1 is 0.878 bits per heavy atom. The molecule has 1 N–H and O–H groups in total. The summed E-state index contributed by atoms with van der Waals surface area (Å²) in [6.07, 6.45) is 5.34. The molecule has 9 heteroatoms. The molecule has 41 heavy (non-hydrogen) atoms. The summed E-state index contributed by atoms with van der Waals surface area (Å²) in [5, 5.41) is 15.7. The van der Waals surface area contributed by atoms with Crippen LogP contribution in [0.2, 0.25) is 0 Å². The van der Waals surface area contributed by atoms with Gasteiger partial charge in [-0.2, -0.15) is 5.10 Å². The molecule has 0 spiro atoms. The van der Waals surface area contributed by atoms with Crippen molar-refractivity contribution in [2.75, 3.05) is 18.0 Å². The van der Waals surface area contributed by atoms with E-state index < -0.39 is 11.6 Å². The van der Waals surface area contributed by atoms with E-state index in [1.54, 1.807) is 22.8 Å². The first kappa shape index (κ1) is 25.1. The van der Waals surface area contributed by atoms with Gasteiger partial charge in [0.1, 0.15) is 5.60 Å². The van der Waals surface area contributed by atoms with Crippen LogP contribution < -0.4 is 4.90 Å². The van der Waals surface area contributed by atoms with Crippen LogP contribution >= 0.6 is 0 Å². The van der Waals surface area contributed by atoms with E-state index in [0.29, 0.717) is 23.6 Å². The molecule has 2 saturated heterocycles. The molecule has 206 valence electrons. The number of piperazine rings is 1. The molecule has 0 aliphatic carbocycles. The van der Waals surface area contributed by atoms with E-state index in [1.165, 1.54) is 0 Å². The Bertz CT molecular complexity index is 1840. The van der Waals surface area contributed by atoms with Crippen LogP contribution in [-0.2, 0) is 4.74 Å². The quantitative estimate of drug-likeness (QED) is 0.307. The van der Waals surface area contributed by atoms with Crippen LogP contribution in [0.25, 0.3) is 38.7 Å². The molecule has 2 fully saturated rings. The molecule has 3 aromatic carbocycles. The summed E-state index contributed by atoms with van der Waals surface area (Å²) in [5.41, 5.74) is 5.30. The monoisotopic (exact) mass is 547 g/mol. The lowest BCUT2D eigenvalue weighted by atomic mass is 9.85. The predicted octanol–water partition coefficient (Wildman–Crippen LogP) is 5.72. The van der Waals surface area contributed by atoms with Gasteiger partial charge in [0.05, 0.1) is 23.8 Å². The third-order valence-electron chi connectivity index (χ3n) is 7.97. The van der Waals surface area contributed by atoms with Crippen molar-refractivity contribution in [1.29, 1.82) is 0 Å². The fourth-order valence-corrected chi connectivity index (χ4v) is 5.87. The Hall–Kier alpha value is -4.92. The standard InChI is InChI=1S/C32H29N5O4/c1-32(2,3)41-31(40)36-18-27-28(36)17-35(27)21-12-10-19(11-13-21)20-14-33-29-26(15-34-37(29)16-20)24-8-4-7-23-22(24)6-5-9-25(23)30(38)39/h4-16,27-28H,17-18H2,1-3H3,(H,38,39)/t27-,28?/m1/s1. The maximum absolute atomic E-state index is 12.4. The number of ether oxygens (including phenoxy) is 1. The zero-order valence-electron chi connectivity index (χ0n) is 23.0. The molecule has 0 saturated carbocycles. The SMILES string of the molecule is CC(C)(C)OC(=O)N1C[C@@H]2C1CN2c1ccc(-c2cnc3c(-c4cccc5c(C(=O)O)cccc45)cnn3c2)cc1. The summed E-state index contributed by atoms with van der Waals surface area (Å²) >= 11 is 0. The highest BCUT2D eigenvalue weighted by molar-refractivity contribution is 6.09. The van der Waals surface area contributed by atoms with Crippen molar-refractivity contribution in [3.05, 3.63) is 84.8 Å². The van der Waals surface area contributed by atoms with Crippen LogP contribution in [0.5, 0.6) is 0 Å². The molecule has 4 heterocycles. The third-order valence-corrected chi connectivity index (χ3v) is 7.97. The molecule has 2 aliphatic rings. The summed E-state index contributed by atoms with van der Waals surface area (Å²) in [6.45, 7) is 7.14. The lowest BCUT2D eigenvalue weighted by Crippen LogP contribution is -2.80. The zero-order valence-corrected chi connectivity index (χ0v) is 23.0. The smallest absolute Gasteiger partial charge is 0.410 e. The van der Waals surface area contributed by atoms with Crippen LogP contribution in [0.4, 0.5) is 10.5 Å². The highest BCUT2D eigenvalue weighted by atomic mass is 16.6. The van der Waals surface area contributed by atoms with Crippen molar-refractivity contribution in [2.45, 2.75) is 38.5 Å². The minimum atomic E-state index is -0.953. The van der Waals surface area contributed by atoms with Crippen LogP contribution in [0.3, 0.4) is 0 Å². The fourth-order valence-electron chi connectivity index (χ4n) is 5.87. The van der Waals surface area contributed by atoms with Crippen LogP contribution in [0.15, 0.2) is 79.3 Å². The second-order valence-electron chi connectivity index (χ2n) is 11.6. The molecule has 0 radical (unpaired) electrons. The number of carbonyl (C=O) groups is 2. The molecular formula is C32H29N5O4. The number of hydrogen-bond acceptors (Lipinski definition) is 6. The van der Waals surface area contributed by atoms with Crippen LogP contribution in [0, 0.1) is 0 Å². The molecule has 0 bridgehead atoms. The number of aromatic nitrogens is 3. The lowest BCUT2D eigenvalue weighted by molar-refractivity contribution is -0.0310. The van der Waals surface area contributed by atoms with Gasteiger partial charge >= 0.3 is 12.1 Å². The van der Waals surface area contributed by atoms with Crippen molar-refractivity contribution in [3.8, 4) is 22.3 Å². The molecular weight excluding hydrogens is 518 g/mol. The average molecular weight is 548 g/mol. The van der Waals surface area contributed by atoms with Crippen molar-refractivity contribution in [1.82, 2.24) is 19.5 Å². The number of benzene rings is 3. The predicted molar refractivity (Wildman–Crippen MR) is 156 cm³/mol. The summed E-state index contributed by atoms with van der Waals surface area (Å²) in [5.74, 6) is -0.953. The Kier molecular flexibility index (Phi) is 5.54. The van der Waals surface area contributed by atoms with Gasteiger partial charge in [-0.1, -0.05) is 42.5 Å². The number of hydrogen-bond donors (Lipinski definition) is 1. The van der Waals surface area contributed by atoms with E-state index >= 15 is 0 Å². The summed E-state index contributed by atoms with van der Waals surface area (Å²) < 4.78 is 7.29. The minimum Gasteiger partial charge on any atom is -0.478 e. The summed E-state index contributed by atoms with van der Waals surface area (Å²) in [4.78, 5) is 33.0. The van der Waals surface area contributed by atoms with E-state index in [1.807, 2.05) is 62.3 Å². The number of likely N-dealkylation sites (tertiary alicyclic amines) is 1. The highest BCUT2D eigenvalue weighted by Gasteiger charge is 2.54. The Morgan fingerprint density at radius 3 is 2.34 bits per heavy atom. The lowest BCUT2D eigenvalue weighted by Gasteiger charge is -2.62. The number of nitrogens with zero attached hydrogens (tertiary/aromatic N) is 5. The van der Waals surface area contributed by atoms with Crippen LogP contribution in [0.1, 0.15) is 31.1 Å². The molecule has 1 amide bonds. The number of carboxylic acids is 1. The van der Waals surface area contributed by atoms with Crippen molar-refractivity contribution < 1.29 is 19.4 Å².